The van der Waals surface area contributed by atoms with Crippen LogP contribution < -0.4 is 9.13 Å². The van der Waals surface area contributed by atoms with Gasteiger partial charge in [0.1, 0.15) is 13.6 Å². The van der Waals surface area contributed by atoms with Gasteiger partial charge in [-0.05, 0) is 6.92 Å². The number of aromatic nitrogens is 2. The van der Waals surface area contributed by atoms with Gasteiger partial charge >= 0.3 is 0 Å². The van der Waals surface area contributed by atoms with Crippen LogP contribution in [0.4, 0.5) is 0 Å². The molecule has 1 rings (SSSR count). The zero-order chi connectivity index (χ0) is 6.69. The molecule has 2 heteroatoms. The Bertz CT molecular complexity index is 179. The van der Waals surface area contributed by atoms with Crippen LogP contribution in [0, 0.1) is 0 Å². The van der Waals surface area contributed by atoms with Gasteiger partial charge in [0.05, 0.1) is 0 Å². The van der Waals surface area contributed by atoms with E-state index in [0.717, 1.165) is 6.54 Å². The number of aryl methyl sites for hydroxylation is 2. The fourth-order valence-electron chi connectivity index (χ4n) is 0.692. The standard InChI is InChI=1S/C7H12N2/c1-3-9-6-4-8(2)5-7-9/h4-7H,3H2,1-2H3/q+2. The van der Waals surface area contributed by atoms with E-state index >= 15 is 0 Å². The van der Waals surface area contributed by atoms with E-state index in [2.05, 4.69) is 23.9 Å². The third kappa shape index (κ3) is 1.49. The Morgan fingerprint density at radius 2 is 1.67 bits per heavy atom. The quantitative estimate of drug-likeness (QED) is 0.459. The molecule has 0 spiro atoms. The lowest BCUT2D eigenvalue weighted by Crippen LogP contribution is -2.38. The molecular weight excluding hydrogens is 112 g/mol. The average molecular weight is 124 g/mol. The summed E-state index contributed by atoms with van der Waals surface area (Å²) in [5, 5.41) is 0. The minimum absolute atomic E-state index is 1.04. The van der Waals surface area contributed by atoms with Crippen molar-refractivity contribution in [1.29, 1.82) is 0 Å². The molecule has 0 radical (unpaired) electrons. The lowest BCUT2D eigenvalue weighted by Gasteiger charge is -1.85. The molecule has 0 amide bonds. The maximum atomic E-state index is 2.12. The highest BCUT2D eigenvalue weighted by molar-refractivity contribution is 4.51. The lowest BCUT2D eigenvalue weighted by molar-refractivity contribution is -0.738. The third-order valence-corrected chi connectivity index (χ3v) is 1.35. The summed E-state index contributed by atoms with van der Waals surface area (Å²) in [6, 6.07) is 0. The number of rotatable bonds is 1. The Morgan fingerprint density at radius 1 is 1.11 bits per heavy atom. The highest BCUT2D eigenvalue weighted by Gasteiger charge is 1.96. The molecule has 1 heterocycles. The molecule has 0 saturated carbocycles. The van der Waals surface area contributed by atoms with Crippen molar-refractivity contribution in [2.75, 3.05) is 0 Å². The maximum absolute atomic E-state index is 2.12. The molecule has 0 unspecified atom stereocenters. The van der Waals surface area contributed by atoms with Crippen molar-refractivity contribution in [2.24, 2.45) is 7.05 Å². The van der Waals surface area contributed by atoms with Gasteiger partial charge in [-0.1, -0.05) is 0 Å². The van der Waals surface area contributed by atoms with E-state index in [9.17, 15) is 0 Å². The van der Waals surface area contributed by atoms with Gasteiger partial charge in [-0.2, -0.15) is 9.13 Å². The van der Waals surface area contributed by atoms with Crippen molar-refractivity contribution < 1.29 is 9.13 Å². The second kappa shape index (κ2) is 2.58. The van der Waals surface area contributed by atoms with Gasteiger partial charge in [0.15, 0.2) is 0 Å². The van der Waals surface area contributed by atoms with Crippen LogP contribution in [-0.4, -0.2) is 0 Å². The highest BCUT2D eigenvalue weighted by atomic mass is 15.0. The zero-order valence-electron chi connectivity index (χ0n) is 5.91. The van der Waals surface area contributed by atoms with E-state index in [0.29, 0.717) is 0 Å². The second-order valence-electron chi connectivity index (χ2n) is 2.09. The SMILES string of the molecule is CC[n+]1cc[n+](C)cc1. The number of hydrogen-bond donors (Lipinski definition) is 0. The van der Waals surface area contributed by atoms with E-state index in [1.807, 2.05) is 24.0 Å². The summed E-state index contributed by atoms with van der Waals surface area (Å²) in [7, 11) is 2.01. The van der Waals surface area contributed by atoms with Gasteiger partial charge in [-0.3, -0.25) is 0 Å². The molecule has 0 fully saturated rings. The molecule has 2 nitrogen and oxygen atoms in total. The van der Waals surface area contributed by atoms with Crippen molar-refractivity contribution in [3.63, 3.8) is 0 Å². The van der Waals surface area contributed by atoms with Crippen LogP contribution >= 0.6 is 0 Å². The predicted molar refractivity (Wildman–Crippen MR) is 33.5 cm³/mol. The van der Waals surface area contributed by atoms with Crippen LogP contribution in [0.5, 0.6) is 0 Å². The predicted octanol–water partition coefficient (Wildman–Crippen LogP) is -0.182. The van der Waals surface area contributed by atoms with E-state index in [1.165, 1.54) is 0 Å². The van der Waals surface area contributed by atoms with Crippen molar-refractivity contribution in [3.8, 4) is 0 Å². The third-order valence-electron chi connectivity index (χ3n) is 1.35. The van der Waals surface area contributed by atoms with Crippen molar-refractivity contribution in [2.45, 2.75) is 13.5 Å². The highest BCUT2D eigenvalue weighted by Crippen LogP contribution is 1.65. The Morgan fingerprint density at radius 3 is 2.11 bits per heavy atom. The van der Waals surface area contributed by atoms with Gasteiger partial charge in [-0.15, -0.1) is 0 Å². The molecule has 1 aromatic rings. The van der Waals surface area contributed by atoms with Crippen molar-refractivity contribution in [1.82, 2.24) is 0 Å². The Labute approximate surface area is 55.4 Å². The van der Waals surface area contributed by atoms with Gasteiger partial charge in [0.25, 0.3) is 0 Å². The first kappa shape index (κ1) is 6.20. The van der Waals surface area contributed by atoms with Crippen LogP contribution in [0.3, 0.4) is 0 Å². The molecular formula is C7H12N2+2. The molecule has 0 atom stereocenters. The zero-order valence-corrected chi connectivity index (χ0v) is 5.91. The van der Waals surface area contributed by atoms with Gasteiger partial charge in [0.2, 0.25) is 24.8 Å². The number of nitrogens with zero attached hydrogens (tertiary/aromatic N) is 2. The smallest absolute Gasteiger partial charge is 0.197 e. The first-order valence-electron chi connectivity index (χ1n) is 3.17. The summed E-state index contributed by atoms with van der Waals surface area (Å²) in [5.74, 6) is 0. The maximum Gasteiger partial charge on any atom is 0.233 e. The van der Waals surface area contributed by atoms with E-state index in [4.69, 9.17) is 0 Å². The van der Waals surface area contributed by atoms with E-state index in [-0.39, 0.29) is 0 Å². The normalized spacial score (nSPS) is 9.56. The Hall–Kier alpha value is -0.920. The molecule has 0 aliphatic rings. The first-order chi connectivity index (χ1) is 4.33. The molecule has 9 heavy (non-hydrogen) atoms. The topological polar surface area (TPSA) is 7.76 Å². The molecule has 0 aliphatic carbocycles. The summed E-state index contributed by atoms with van der Waals surface area (Å²) in [6.45, 7) is 3.17. The largest absolute Gasteiger partial charge is 0.233 e. The fraction of sp³-hybridized carbons (Fsp3) is 0.429. The lowest BCUT2D eigenvalue weighted by atomic mass is 10.6. The van der Waals surface area contributed by atoms with E-state index < -0.39 is 0 Å². The van der Waals surface area contributed by atoms with Crippen LogP contribution in [-0.2, 0) is 13.6 Å². The monoisotopic (exact) mass is 124 g/mol. The Kier molecular flexibility index (Phi) is 1.78. The van der Waals surface area contributed by atoms with Crippen LogP contribution in [0.1, 0.15) is 6.92 Å². The van der Waals surface area contributed by atoms with Gasteiger partial charge in [-0.25, -0.2) is 0 Å². The minimum atomic E-state index is 1.04. The summed E-state index contributed by atoms with van der Waals surface area (Å²) in [6.07, 6.45) is 8.17. The summed E-state index contributed by atoms with van der Waals surface area (Å²) >= 11 is 0. The van der Waals surface area contributed by atoms with Gasteiger partial charge in [0, 0.05) is 0 Å². The molecule has 0 saturated heterocycles. The molecule has 0 aliphatic heterocycles. The first-order valence-corrected chi connectivity index (χ1v) is 3.17. The van der Waals surface area contributed by atoms with E-state index in [1.54, 1.807) is 0 Å². The molecule has 0 N–H and O–H groups in total. The van der Waals surface area contributed by atoms with Crippen LogP contribution in [0.2, 0.25) is 0 Å². The van der Waals surface area contributed by atoms with Crippen molar-refractivity contribution >= 4 is 0 Å². The minimum Gasteiger partial charge on any atom is -0.197 e. The molecule has 0 bridgehead atoms. The van der Waals surface area contributed by atoms with Crippen molar-refractivity contribution in [3.05, 3.63) is 24.8 Å². The molecule has 1 aromatic heterocycles. The van der Waals surface area contributed by atoms with Crippen LogP contribution in [0.25, 0.3) is 0 Å². The second-order valence-corrected chi connectivity index (χ2v) is 2.09. The summed E-state index contributed by atoms with van der Waals surface area (Å²) in [4.78, 5) is 0. The summed E-state index contributed by atoms with van der Waals surface area (Å²) in [5.41, 5.74) is 0. The number of hydrogen-bond acceptors (Lipinski definition) is 0. The molecule has 48 valence electrons. The Balaban J connectivity index is 2.88. The average Bonchev–Trinajstić information content (AvgIpc) is 1.90. The van der Waals surface area contributed by atoms with Gasteiger partial charge < -0.3 is 0 Å². The van der Waals surface area contributed by atoms with Crippen LogP contribution in [0.15, 0.2) is 24.8 Å². The summed E-state index contributed by atoms with van der Waals surface area (Å²) < 4.78 is 4.14. The fourth-order valence-corrected chi connectivity index (χ4v) is 0.692. The molecule has 0 aromatic carbocycles.